The molecular formula is C6H13NO3. The molecule has 0 aromatic heterocycles. The number of rotatable bonds is 5. The van der Waals surface area contributed by atoms with Crippen molar-refractivity contribution in [3.63, 3.8) is 0 Å². The summed E-state index contributed by atoms with van der Waals surface area (Å²) in [6.07, 6.45) is -0.349. The van der Waals surface area contributed by atoms with Gasteiger partial charge < -0.3 is 15.6 Å². The van der Waals surface area contributed by atoms with Gasteiger partial charge in [-0.25, -0.2) is 4.79 Å². The number of carbonyl (C=O) groups is 1. The highest BCUT2D eigenvalue weighted by atomic mass is 16.5. The van der Waals surface area contributed by atoms with Crippen LogP contribution in [0.15, 0.2) is 0 Å². The highest BCUT2D eigenvalue weighted by Crippen LogP contribution is 1.96. The van der Waals surface area contributed by atoms with Gasteiger partial charge in [-0.05, 0) is 19.9 Å². The molecule has 0 amide bonds. The van der Waals surface area contributed by atoms with Crippen LogP contribution in [0.1, 0.15) is 13.3 Å². The fourth-order valence-electron chi connectivity index (χ4n) is 0.631. The third-order valence-electron chi connectivity index (χ3n) is 1.07. The maximum Gasteiger partial charge on any atom is 0.332 e. The summed E-state index contributed by atoms with van der Waals surface area (Å²) in [5.74, 6) is -0.938. The highest BCUT2D eigenvalue weighted by molar-refractivity contribution is 5.72. The summed E-state index contributed by atoms with van der Waals surface area (Å²) in [6.45, 7) is 2.51. The Bertz CT molecular complexity index is 99.2. The molecule has 0 spiro atoms. The van der Waals surface area contributed by atoms with Crippen LogP contribution < -0.4 is 5.73 Å². The van der Waals surface area contributed by atoms with E-state index in [1.54, 1.807) is 6.92 Å². The molecule has 0 aromatic carbocycles. The zero-order valence-corrected chi connectivity index (χ0v) is 6.04. The molecule has 0 rings (SSSR count). The molecule has 0 heterocycles. The SMILES string of the molecule is CCOC(CCN)C(=O)O. The predicted octanol–water partition coefficient (Wildman–Crippen LogP) is -0.175. The summed E-state index contributed by atoms with van der Waals surface area (Å²) in [7, 11) is 0. The molecule has 0 aliphatic heterocycles. The first-order valence-electron chi connectivity index (χ1n) is 3.26. The van der Waals surface area contributed by atoms with Crippen LogP contribution in [0.5, 0.6) is 0 Å². The third-order valence-corrected chi connectivity index (χ3v) is 1.07. The molecule has 4 heteroatoms. The largest absolute Gasteiger partial charge is 0.479 e. The van der Waals surface area contributed by atoms with Crippen molar-refractivity contribution in [2.24, 2.45) is 5.73 Å². The molecule has 1 atom stereocenters. The van der Waals surface area contributed by atoms with E-state index in [0.717, 1.165) is 0 Å². The molecule has 0 saturated heterocycles. The molecule has 3 N–H and O–H groups in total. The van der Waals surface area contributed by atoms with E-state index in [9.17, 15) is 4.79 Å². The fourth-order valence-corrected chi connectivity index (χ4v) is 0.631. The molecule has 0 bridgehead atoms. The predicted molar refractivity (Wildman–Crippen MR) is 36.7 cm³/mol. The Hall–Kier alpha value is -0.610. The van der Waals surface area contributed by atoms with Crippen molar-refractivity contribution >= 4 is 5.97 Å². The van der Waals surface area contributed by atoms with E-state index in [2.05, 4.69) is 0 Å². The van der Waals surface area contributed by atoms with Crippen LogP contribution in [-0.4, -0.2) is 30.3 Å². The number of hydrogen-bond donors (Lipinski definition) is 2. The van der Waals surface area contributed by atoms with Gasteiger partial charge in [0.2, 0.25) is 0 Å². The van der Waals surface area contributed by atoms with Crippen LogP contribution in [0.2, 0.25) is 0 Å². The Labute approximate surface area is 60.0 Å². The van der Waals surface area contributed by atoms with Crippen molar-refractivity contribution in [2.45, 2.75) is 19.4 Å². The lowest BCUT2D eigenvalue weighted by molar-refractivity contribution is -0.150. The van der Waals surface area contributed by atoms with Gasteiger partial charge in [0.25, 0.3) is 0 Å². The van der Waals surface area contributed by atoms with Gasteiger partial charge in [0.15, 0.2) is 6.10 Å². The van der Waals surface area contributed by atoms with E-state index in [0.29, 0.717) is 19.6 Å². The Balaban J connectivity index is 3.61. The van der Waals surface area contributed by atoms with E-state index in [1.807, 2.05) is 0 Å². The minimum Gasteiger partial charge on any atom is -0.479 e. The number of hydrogen-bond acceptors (Lipinski definition) is 3. The van der Waals surface area contributed by atoms with Crippen LogP contribution in [0.25, 0.3) is 0 Å². The summed E-state index contributed by atoms with van der Waals surface area (Å²) in [6, 6.07) is 0. The molecule has 0 aliphatic rings. The minimum atomic E-state index is -0.938. The second-order valence-corrected chi connectivity index (χ2v) is 1.86. The molecule has 0 aliphatic carbocycles. The maximum absolute atomic E-state index is 10.3. The smallest absolute Gasteiger partial charge is 0.332 e. The monoisotopic (exact) mass is 147 g/mol. The zero-order valence-electron chi connectivity index (χ0n) is 6.04. The normalized spacial score (nSPS) is 13.0. The number of carboxylic acid groups (broad SMARTS) is 1. The van der Waals surface area contributed by atoms with Crippen molar-refractivity contribution in [3.05, 3.63) is 0 Å². The molecular weight excluding hydrogens is 134 g/mol. The van der Waals surface area contributed by atoms with Gasteiger partial charge in [-0.2, -0.15) is 0 Å². The lowest BCUT2D eigenvalue weighted by atomic mass is 10.2. The lowest BCUT2D eigenvalue weighted by Crippen LogP contribution is -2.26. The number of aliphatic carboxylic acids is 1. The number of ether oxygens (including phenoxy) is 1. The standard InChI is InChI=1S/C6H13NO3/c1-2-10-5(3-4-7)6(8)9/h5H,2-4,7H2,1H3,(H,8,9). The van der Waals surface area contributed by atoms with E-state index < -0.39 is 12.1 Å². The molecule has 0 radical (unpaired) electrons. The van der Waals surface area contributed by atoms with Crippen LogP contribution in [0, 0.1) is 0 Å². The van der Waals surface area contributed by atoms with Gasteiger partial charge in [0, 0.05) is 6.61 Å². The summed E-state index contributed by atoms with van der Waals surface area (Å²) >= 11 is 0. The molecule has 0 fully saturated rings. The lowest BCUT2D eigenvalue weighted by Gasteiger charge is -2.09. The van der Waals surface area contributed by atoms with Gasteiger partial charge in [0.1, 0.15) is 0 Å². The summed E-state index contributed by atoms with van der Waals surface area (Å²) in [4.78, 5) is 10.3. The first-order valence-corrected chi connectivity index (χ1v) is 3.26. The topological polar surface area (TPSA) is 72.5 Å². The van der Waals surface area contributed by atoms with Gasteiger partial charge in [-0.1, -0.05) is 0 Å². The van der Waals surface area contributed by atoms with Crippen LogP contribution in [0.3, 0.4) is 0 Å². The van der Waals surface area contributed by atoms with Gasteiger partial charge in [0.05, 0.1) is 0 Å². The van der Waals surface area contributed by atoms with Gasteiger partial charge in [-0.3, -0.25) is 0 Å². The molecule has 0 saturated carbocycles. The van der Waals surface area contributed by atoms with Crippen molar-refractivity contribution in [1.29, 1.82) is 0 Å². The average molecular weight is 147 g/mol. The van der Waals surface area contributed by atoms with E-state index in [4.69, 9.17) is 15.6 Å². The third kappa shape index (κ3) is 3.42. The van der Waals surface area contributed by atoms with Gasteiger partial charge >= 0.3 is 5.97 Å². The maximum atomic E-state index is 10.3. The Morgan fingerprint density at radius 2 is 2.40 bits per heavy atom. The summed E-state index contributed by atoms with van der Waals surface area (Å²) in [5, 5.41) is 8.45. The quantitative estimate of drug-likeness (QED) is 0.566. The first-order chi connectivity index (χ1) is 4.72. The van der Waals surface area contributed by atoms with Crippen molar-refractivity contribution in [1.82, 2.24) is 0 Å². The molecule has 1 unspecified atom stereocenters. The Kier molecular flexibility index (Phi) is 4.88. The number of carboxylic acids is 1. The van der Waals surface area contributed by atoms with E-state index >= 15 is 0 Å². The van der Waals surface area contributed by atoms with Crippen LogP contribution in [-0.2, 0) is 9.53 Å². The Morgan fingerprint density at radius 1 is 1.80 bits per heavy atom. The second kappa shape index (κ2) is 5.20. The minimum absolute atomic E-state index is 0.344. The van der Waals surface area contributed by atoms with E-state index in [-0.39, 0.29) is 0 Å². The van der Waals surface area contributed by atoms with E-state index in [1.165, 1.54) is 0 Å². The second-order valence-electron chi connectivity index (χ2n) is 1.86. The summed E-state index contributed by atoms with van der Waals surface area (Å²) < 4.78 is 4.86. The fraction of sp³-hybridized carbons (Fsp3) is 0.833. The van der Waals surface area contributed by atoms with Gasteiger partial charge in [-0.15, -0.1) is 0 Å². The van der Waals surface area contributed by atoms with Crippen molar-refractivity contribution < 1.29 is 14.6 Å². The number of nitrogens with two attached hydrogens (primary N) is 1. The molecule has 10 heavy (non-hydrogen) atoms. The Morgan fingerprint density at radius 3 is 2.70 bits per heavy atom. The van der Waals surface area contributed by atoms with Crippen molar-refractivity contribution in [2.75, 3.05) is 13.2 Å². The molecule has 0 aromatic rings. The summed E-state index contributed by atoms with van der Waals surface area (Å²) in [5.41, 5.74) is 5.15. The van der Waals surface area contributed by atoms with Crippen LogP contribution >= 0.6 is 0 Å². The highest BCUT2D eigenvalue weighted by Gasteiger charge is 2.15. The average Bonchev–Trinajstić information content (AvgIpc) is 1.87. The zero-order chi connectivity index (χ0) is 7.98. The molecule has 4 nitrogen and oxygen atoms in total. The molecule has 60 valence electrons. The van der Waals surface area contributed by atoms with Crippen molar-refractivity contribution in [3.8, 4) is 0 Å². The first kappa shape index (κ1) is 9.39. The van der Waals surface area contributed by atoms with Crippen LogP contribution in [0.4, 0.5) is 0 Å².